The van der Waals surface area contributed by atoms with Gasteiger partial charge >= 0.3 is 0 Å². The van der Waals surface area contributed by atoms with Gasteiger partial charge in [0.25, 0.3) is 5.91 Å². The number of rotatable bonds is 3. The zero-order chi connectivity index (χ0) is 13.9. The monoisotopic (exact) mass is 276 g/mol. The van der Waals surface area contributed by atoms with Crippen LogP contribution >= 0.6 is 0 Å². The Morgan fingerprint density at radius 1 is 1.20 bits per heavy atom. The van der Waals surface area contributed by atoms with Crippen molar-refractivity contribution in [3.05, 3.63) is 23.8 Å². The first-order chi connectivity index (χ1) is 9.72. The fourth-order valence-corrected chi connectivity index (χ4v) is 2.77. The predicted molar refractivity (Wildman–Crippen MR) is 74.8 cm³/mol. The topological polar surface area (TPSA) is 73.6 Å². The molecule has 1 aliphatic carbocycles. The van der Waals surface area contributed by atoms with Gasteiger partial charge in [-0.05, 0) is 49.8 Å². The summed E-state index contributed by atoms with van der Waals surface area (Å²) in [6.45, 7) is 0.947. The lowest BCUT2D eigenvalue weighted by Gasteiger charge is -2.26. The molecule has 1 saturated carbocycles. The number of carbonyl (C=O) groups is 1. The van der Waals surface area contributed by atoms with Crippen molar-refractivity contribution >= 4 is 5.91 Å². The lowest BCUT2D eigenvalue weighted by molar-refractivity contribution is 0.0942. The molecule has 5 heteroatoms. The highest BCUT2D eigenvalue weighted by molar-refractivity contribution is 5.94. The molecular formula is C15H20N2O3. The van der Waals surface area contributed by atoms with Crippen LogP contribution in [-0.4, -0.2) is 25.3 Å². The number of hydrogen-bond donors (Lipinski definition) is 2. The van der Waals surface area contributed by atoms with Gasteiger partial charge in [-0.15, -0.1) is 0 Å². The van der Waals surface area contributed by atoms with Gasteiger partial charge in [-0.1, -0.05) is 0 Å². The van der Waals surface area contributed by atoms with Crippen LogP contribution in [0.25, 0.3) is 0 Å². The van der Waals surface area contributed by atoms with Gasteiger partial charge in [0.1, 0.15) is 0 Å². The van der Waals surface area contributed by atoms with Crippen molar-refractivity contribution in [1.82, 2.24) is 5.32 Å². The Kier molecular flexibility index (Phi) is 3.78. The summed E-state index contributed by atoms with van der Waals surface area (Å²) in [5, 5.41) is 3.00. The molecule has 1 fully saturated rings. The average Bonchev–Trinajstić information content (AvgIpc) is 2.93. The molecule has 0 unspecified atom stereocenters. The van der Waals surface area contributed by atoms with Crippen molar-refractivity contribution < 1.29 is 14.3 Å². The van der Waals surface area contributed by atoms with Crippen LogP contribution in [-0.2, 0) is 0 Å². The SMILES string of the molecule is NC1CCC(CNC(=O)c2ccc3c(c2)OCO3)CC1. The van der Waals surface area contributed by atoms with Crippen molar-refractivity contribution in [3.8, 4) is 11.5 Å². The zero-order valence-electron chi connectivity index (χ0n) is 11.4. The van der Waals surface area contributed by atoms with Gasteiger partial charge in [-0.25, -0.2) is 0 Å². The van der Waals surface area contributed by atoms with Crippen LogP contribution in [0.4, 0.5) is 0 Å². The van der Waals surface area contributed by atoms with Gasteiger partial charge < -0.3 is 20.5 Å². The third-order valence-corrected chi connectivity index (χ3v) is 4.08. The van der Waals surface area contributed by atoms with Crippen LogP contribution < -0.4 is 20.5 Å². The van der Waals surface area contributed by atoms with E-state index >= 15 is 0 Å². The highest BCUT2D eigenvalue weighted by atomic mass is 16.7. The van der Waals surface area contributed by atoms with E-state index in [0.717, 1.165) is 32.2 Å². The van der Waals surface area contributed by atoms with E-state index in [0.29, 0.717) is 29.0 Å². The standard InChI is InChI=1S/C15H20N2O3/c16-12-4-1-10(2-5-12)8-17-15(18)11-3-6-13-14(7-11)20-9-19-13/h3,6-7,10,12H,1-2,4-5,8-9,16H2,(H,17,18). The van der Waals surface area contributed by atoms with E-state index in [1.54, 1.807) is 18.2 Å². The molecule has 2 aliphatic rings. The molecule has 3 rings (SSSR count). The van der Waals surface area contributed by atoms with E-state index in [2.05, 4.69) is 5.32 Å². The molecule has 0 aromatic heterocycles. The van der Waals surface area contributed by atoms with Crippen LogP contribution in [0.2, 0.25) is 0 Å². The Morgan fingerprint density at radius 3 is 2.75 bits per heavy atom. The summed E-state index contributed by atoms with van der Waals surface area (Å²) in [6, 6.07) is 5.61. The number of amides is 1. The number of ether oxygens (including phenoxy) is 2. The maximum Gasteiger partial charge on any atom is 0.251 e. The van der Waals surface area contributed by atoms with Gasteiger partial charge in [-0.3, -0.25) is 4.79 Å². The molecule has 1 aromatic rings. The van der Waals surface area contributed by atoms with Gasteiger partial charge in [0.15, 0.2) is 11.5 Å². The molecule has 0 radical (unpaired) electrons. The minimum atomic E-state index is -0.0572. The summed E-state index contributed by atoms with van der Waals surface area (Å²) >= 11 is 0. The van der Waals surface area contributed by atoms with E-state index in [1.165, 1.54) is 0 Å². The first-order valence-electron chi connectivity index (χ1n) is 7.16. The largest absolute Gasteiger partial charge is 0.454 e. The lowest BCUT2D eigenvalue weighted by Crippen LogP contribution is -2.34. The maximum absolute atomic E-state index is 12.1. The molecule has 20 heavy (non-hydrogen) atoms. The van der Waals surface area contributed by atoms with Gasteiger partial charge in [-0.2, -0.15) is 0 Å². The van der Waals surface area contributed by atoms with Gasteiger partial charge in [0, 0.05) is 18.2 Å². The van der Waals surface area contributed by atoms with E-state index < -0.39 is 0 Å². The van der Waals surface area contributed by atoms with E-state index in [9.17, 15) is 4.79 Å². The Hall–Kier alpha value is -1.75. The Balaban J connectivity index is 1.54. The van der Waals surface area contributed by atoms with Crippen molar-refractivity contribution in [1.29, 1.82) is 0 Å². The Morgan fingerprint density at radius 2 is 1.95 bits per heavy atom. The predicted octanol–water partition coefficient (Wildman–Crippen LogP) is 1.66. The van der Waals surface area contributed by atoms with Crippen LogP contribution in [0.5, 0.6) is 11.5 Å². The highest BCUT2D eigenvalue weighted by Crippen LogP contribution is 2.32. The second-order valence-corrected chi connectivity index (χ2v) is 5.56. The molecule has 5 nitrogen and oxygen atoms in total. The van der Waals surface area contributed by atoms with Crippen LogP contribution in [0, 0.1) is 5.92 Å². The van der Waals surface area contributed by atoms with Crippen molar-refractivity contribution in [2.45, 2.75) is 31.7 Å². The molecule has 1 aliphatic heterocycles. The molecule has 1 amide bonds. The van der Waals surface area contributed by atoms with Gasteiger partial charge in [0.2, 0.25) is 6.79 Å². The molecule has 1 aromatic carbocycles. The molecule has 0 spiro atoms. The highest BCUT2D eigenvalue weighted by Gasteiger charge is 2.20. The number of carbonyl (C=O) groups excluding carboxylic acids is 1. The third-order valence-electron chi connectivity index (χ3n) is 4.08. The number of benzene rings is 1. The molecule has 1 heterocycles. The van der Waals surface area contributed by atoms with Crippen molar-refractivity contribution in [2.24, 2.45) is 11.7 Å². The van der Waals surface area contributed by atoms with Crippen LogP contribution in [0.15, 0.2) is 18.2 Å². The van der Waals surface area contributed by atoms with Crippen molar-refractivity contribution in [2.75, 3.05) is 13.3 Å². The first kappa shape index (κ1) is 13.2. The molecule has 108 valence electrons. The Bertz CT molecular complexity index is 496. The summed E-state index contributed by atoms with van der Waals surface area (Å²) < 4.78 is 10.5. The van der Waals surface area contributed by atoms with Crippen LogP contribution in [0.3, 0.4) is 0 Å². The maximum atomic E-state index is 12.1. The summed E-state index contributed by atoms with van der Waals surface area (Å²) in [6.07, 6.45) is 4.32. The number of nitrogens with two attached hydrogens (primary N) is 1. The fourth-order valence-electron chi connectivity index (χ4n) is 2.77. The van der Waals surface area contributed by atoms with Gasteiger partial charge in [0.05, 0.1) is 0 Å². The van der Waals surface area contributed by atoms with E-state index in [4.69, 9.17) is 15.2 Å². The quantitative estimate of drug-likeness (QED) is 0.880. The van der Waals surface area contributed by atoms with Crippen LogP contribution in [0.1, 0.15) is 36.0 Å². The number of hydrogen-bond acceptors (Lipinski definition) is 4. The summed E-state index contributed by atoms with van der Waals surface area (Å²) in [4.78, 5) is 12.1. The minimum Gasteiger partial charge on any atom is -0.454 e. The molecule has 3 N–H and O–H groups in total. The molecule has 0 bridgehead atoms. The molecule has 0 saturated heterocycles. The summed E-state index contributed by atoms with van der Waals surface area (Å²) in [7, 11) is 0. The second kappa shape index (κ2) is 5.71. The van der Waals surface area contributed by atoms with E-state index in [1.807, 2.05) is 0 Å². The minimum absolute atomic E-state index is 0.0572. The normalized spacial score (nSPS) is 24.4. The number of nitrogens with one attached hydrogen (secondary N) is 1. The lowest BCUT2D eigenvalue weighted by atomic mass is 9.86. The average molecular weight is 276 g/mol. The third kappa shape index (κ3) is 2.88. The first-order valence-corrected chi connectivity index (χ1v) is 7.16. The van der Waals surface area contributed by atoms with Crippen molar-refractivity contribution in [3.63, 3.8) is 0 Å². The summed E-state index contributed by atoms with van der Waals surface area (Å²) in [5.41, 5.74) is 6.50. The number of fused-ring (bicyclic) bond motifs is 1. The summed E-state index contributed by atoms with van der Waals surface area (Å²) in [5.74, 6) is 1.83. The molecular weight excluding hydrogens is 256 g/mol. The Labute approximate surface area is 118 Å². The smallest absolute Gasteiger partial charge is 0.251 e. The second-order valence-electron chi connectivity index (χ2n) is 5.56. The fraction of sp³-hybridized carbons (Fsp3) is 0.533. The molecule has 0 atom stereocenters. The zero-order valence-corrected chi connectivity index (χ0v) is 11.4. The van der Waals surface area contributed by atoms with E-state index in [-0.39, 0.29) is 12.7 Å².